The van der Waals surface area contributed by atoms with Gasteiger partial charge < -0.3 is 14.8 Å². The van der Waals surface area contributed by atoms with E-state index >= 15 is 0 Å². The van der Waals surface area contributed by atoms with Crippen molar-refractivity contribution in [3.05, 3.63) is 23.8 Å². The molecule has 1 atom stereocenters. The zero-order chi connectivity index (χ0) is 13.4. The van der Waals surface area contributed by atoms with E-state index in [1.165, 1.54) is 6.92 Å². The van der Waals surface area contributed by atoms with Gasteiger partial charge in [-0.15, -0.1) is 0 Å². The van der Waals surface area contributed by atoms with Crippen LogP contribution in [0.1, 0.15) is 23.5 Å². The second-order valence-corrected chi connectivity index (χ2v) is 3.52. The van der Waals surface area contributed by atoms with E-state index in [0.29, 0.717) is 17.9 Å². The van der Waals surface area contributed by atoms with Gasteiger partial charge in [0.05, 0.1) is 0 Å². The summed E-state index contributed by atoms with van der Waals surface area (Å²) in [5.41, 5.74) is 0.911. The van der Waals surface area contributed by atoms with E-state index in [-0.39, 0.29) is 6.79 Å². The first kappa shape index (κ1) is 7.12. The molecule has 1 N–H and O–H groups in total. The van der Waals surface area contributed by atoms with E-state index in [0.717, 1.165) is 5.56 Å². The molecular formula is C12H17NO2. The minimum atomic E-state index is -1.58. The number of hydrogen-bond acceptors (Lipinski definition) is 3. The first-order valence-corrected chi connectivity index (χ1v) is 4.93. The summed E-state index contributed by atoms with van der Waals surface area (Å²) in [6, 6.07) is 4.44. The summed E-state index contributed by atoms with van der Waals surface area (Å²) in [5, 5.41) is 2.64. The third-order valence-corrected chi connectivity index (χ3v) is 2.24. The van der Waals surface area contributed by atoms with Gasteiger partial charge in [-0.2, -0.15) is 0 Å². The minimum Gasteiger partial charge on any atom is -0.454 e. The van der Waals surface area contributed by atoms with Crippen molar-refractivity contribution in [2.75, 3.05) is 13.3 Å². The van der Waals surface area contributed by atoms with Gasteiger partial charge in [0.15, 0.2) is 11.5 Å². The minimum absolute atomic E-state index is 0.229. The van der Waals surface area contributed by atoms with Crippen LogP contribution in [0, 0.1) is 0 Å². The molecule has 1 aromatic rings. The van der Waals surface area contributed by atoms with E-state index in [1.54, 1.807) is 6.92 Å². The fourth-order valence-corrected chi connectivity index (χ4v) is 1.61. The summed E-state index contributed by atoms with van der Waals surface area (Å²) in [6.45, 7) is 1.71. The molecule has 3 nitrogen and oxygen atoms in total. The molecule has 0 unspecified atom stereocenters. The van der Waals surface area contributed by atoms with Crippen molar-refractivity contribution in [3.63, 3.8) is 0 Å². The average molecular weight is 210 g/mol. The Hall–Kier alpha value is -1.22. The largest absolute Gasteiger partial charge is 0.454 e. The molecule has 1 aliphatic heterocycles. The maximum Gasteiger partial charge on any atom is 0.231 e. The Balaban J connectivity index is 2.09. The van der Waals surface area contributed by atoms with Crippen LogP contribution in [0.2, 0.25) is 0 Å². The van der Waals surface area contributed by atoms with Crippen LogP contribution in [-0.4, -0.2) is 19.3 Å². The van der Waals surface area contributed by atoms with Gasteiger partial charge in [0.1, 0.15) is 0 Å². The zero-order valence-electron chi connectivity index (χ0n) is 12.0. The van der Waals surface area contributed by atoms with E-state index in [4.69, 9.17) is 13.6 Å². The van der Waals surface area contributed by atoms with E-state index in [9.17, 15) is 0 Å². The van der Waals surface area contributed by atoms with E-state index in [2.05, 4.69) is 5.32 Å². The lowest BCUT2D eigenvalue weighted by molar-refractivity contribution is 0.174. The van der Waals surface area contributed by atoms with Crippen LogP contribution >= 0.6 is 0 Å². The molecule has 0 aliphatic carbocycles. The molecule has 0 bridgehead atoms. The molecule has 0 fully saturated rings. The molecule has 3 heteroatoms. The van der Waals surface area contributed by atoms with E-state index in [1.807, 2.05) is 18.2 Å². The summed E-state index contributed by atoms with van der Waals surface area (Å²) in [5.74, 6) is 1.40. The Morgan fingerprint density at radius 3 is 3.13 bits per heavy atom. The van der Waals surface area contributed by atoms with Crippen molar-refractivity contribution in [3.8, 4) is 11.5 Å². The number of ether oxygens (including phenoxy) is 2. The second-order valence-electron chi connectivity index (χ2n) is 3.52. The Kier molecular flexibility index (Phi) is 2.15. The smallest absolute Gasteiger partial charge is 0.231 e. The Labute approximate surface area is 94.6 Å². The van der Waals surface area contributed by atoms with Crippen LogP contribution in [0.4, 0.5) is 0 Å². The molecule has 15 heavy (non-hydrogen) atoms. The molecule has 0 saturated heterocycles. The number of rotatable bonds is 4. The Bertz CT molecular complexity index is 443. The maximum absolute atomic E-state index is 8.09. The number of benzene rings is 1. The Morgan fingerprint density at radius 1 is 1.53 bits per heavy atom. The highest BCUT2D eigenvalue weighted by molar-refractivity contribution is 5.44. The SMILES string of the molecule is [2H]C([2H])(C)N[C@]([2H])(C)Cc1ccc2c(c1)OCO2. The topological polar surface area (TPSA) is 30.5 Å². The molecule has 1 aromatic carbocycles. The monoisotopic (exact) mass is 210 g/mol. The molecule has 0 radical (unpaired) electrons. The highest BCUT2D eigenvalue weighted by Gasteiger charge is 2.13. The molecule has 0 spiro atoms. The van der Waals surface area contributed by atoms with Crippen LogP contribution in [0.15, 0.2) is 18.2 Å². The van der Waals surface area contributed by atoms with Crippen LogP contribution in [0.25, 0.3) is 0 Å². The van der Waals surface area contributed by atoms with Crippen LogP contribution < -0.4 is 14.8 Å². The van der Waals surface area contributed by atoms with Crippen molar-refractivity contribution in [1.82, 2.24) is 5.32 Å². The Morgan fingerprint density at radius 2 is 2.33 bits per heavy atom. The summed E-state index contributed by atoms with van der Waals surface area (Å²) in [4.78, 5) is 0. The zero-order valence-corrected chi connectivity index (χ0v) is 8.96. The van der Waals surface area contributed by atoms with Gasteiger partial charge in [0.2, 0.25) is 6.79 Å². The van der Waals surface area contributed by atoms with Gasteiger partial charge in [-0.05, 0) is 37.5 Å². The maximum atomic E-state index is 8.09. The number of fused-ring (bicyclic) bond motifs is 1. The van der Waals surface area contributed by atoms with Gasteiger partial charge >= 0.3 is 0 Å². The van der Waals surface area contributed by atoms with Gasteiger partial charge in [0, 0.05) is 10.1 Å². The molecule has 0 amide bonds. The normalized spacial score (nSPS) is 21.3. The van der Waals surface area contributed by atoms with Crippen molar-refractivity contribution in [1.29, 1.82) is 0 Å². The fourth-order valence-electron chi connectivity index (χ4n) is 1.61. The van der Waals surface area contributed by atoms with Crippen molar-refractivity contribution >= 4 is 0 Å². The standard InChI is InChI=1S/C12H17NO2/c1-3-13-9(2)6-10-4-5-11-12(7-10)15-8-14-11/h4-5,7,9,13H,3,6,8H2,1-2H3/t9-/m1/s1/i3D2,9D. The predicted molar refractivity (Wildman–Crippen MR) is 59.4 cm³/mol. The summed E-state index contributed by atoms with van der Waals surface area (Å²) in [7, 11) is 0. The first-order valence-electron chi connectivity index (χ1n) is 6.43. The second kappa shape index (κ2) is 4.53. The fraction of sp³-hybridized carbons (Fsp3) is 0.500. The van der Waals surface area contributed by atoms with Gasteiger partial charge in [-0.3, -0.25) is 0 Å². The third kappa shape index (κ3) is 2.42. The summed E-state index contributed by atoms with van der Waals surface area (Å²) >= 11 is 0. The molecule has 0 aromatic heterocycles. The first-order chi connectivity index (χ1) is 8.25. The van der Waals surface area contributed by atoms with Crippen molar-refractivity contribution in [2.24, 2.45) is 0 Å². The van der Waals surface area contributed by atoms with E-state index < -0.39 is 12.5 Å². The lowest BCUT2D eigenvalue weighted by atomic mass is 10.1. The van der Waals surface area contributed by atoms with Crippen LogP contribution in [0.5, 0.6) is 11.5 Å². The van der Waals surface area contributed by atoms with Gasteiger partial charge in [-0.25, -0.2) is 0 Å². The summed E-state index contributed by atoms with van der Waals surface area (Å²) < 4.78 is 33.5. The number of likely N-dealkylation sites (N-methyl/N-ethyl adjacent to an activating group) is 1. The average Bonchev–Trinajstić information content (AvgIpc) is 2.59. The third-order valence-electron chi connectivity index (χ3n) is 2.24. The molecule has 82 valence electrons. The highest BCUT2D eigenvalue weighted by atomic mass is 16.7. The molecule has 0 saturated carbocycles. The lowest BCUT2D eigenvalue weighted by Gasteiger charge is -2.12. The molecular weight excluding hydrogens is 190 g/mol. The van der Waals surface area contributed by atoms with Crippen LogP contribution in [0.3, 0.4) is 0 Å². The molecule has 2 rings (SSSR count). The molecule has 1 aliphatic rings. The molecule has 1 heterocycles. The quantitative estimate of drug-likeness (QED) is 0.824. The van der Waals surface area contributed by atoms with Gasteiger partial charge in [-0.1, -0.05) is 13.0 Å². The van der Waals surface area contributed by atoms with Crippen molar-refractivity contribution < 1.29 is 13.6 Å². The predicted octanol–water partition coefficient (Wildman–Crippen LogP) is 1.96. The van der Waals surface area contributed by atoms with Crippen LogP contribution in [-0.2, 0) is 6.42 Å². The number of nitrogens with one attached hydrogen (secondary N) is 1. The lowest BCUT2D eigenvalue weighted by Crippen LogP contribution is -2.27. The summed E-state index contributed by atoms with van der Waals surface area (Å²) in [6.07, 6.45) is 0.386. The highest BCUT2D eigenvalue weighted by Crippen LogP contribution is 2.32. The van der Waals surface area contributed by atoms with Crippen molar-refractivity contribution in [2.45, 2.75) is 26.3 Å². The van der Waals surface area contributed by atoms with Gasteiger partial charge in [0.25, 0.3) is 0 Å². The number of hydrogen-bond donors (Lipinski definition) is 1.